The van der Waals surface area contributed by atoms with Crippen LogP contribution in [0.4, 0.5) is 9.18 Å². The Morgan fingerprint density at radius 3 is 1.97 bits per heavy atom. The minimum atomic E-state index is -0.610. The van der Waals surface area contributed by atoms with Gasteiger partial charge in [0.15, 0.2) is 0 Å². The van der Waals surface area contributed by atoms with E-state index in [9.17, 15) is 28.4 Å². The molecule has 0 spiro atoms. The number of likely N-dealkylation sites (tertiary alicyclic amines) is 2. The van der Waals surface area contributed by atoms with Crippen LogP contribution in [-0.4, -0.2) is 161 Å². The third kappa shape index (κ3) is 12.8. The Morgan fingerprint density at radius 2 is 1.35 bits per heavy atom. The topological polar surface area (TPSA) is 157 Å². The Bertz CT molecular complexity index is 2040. The van der Waals surface area contributed by atoms with Crippen molar-refractivity contribution in [2.45, 2.75) is 115 Å². The summed E-state index contributed by atoms with van der Waals surface area (Å²) in [5, 5.41) is 10.5. The van der Waals surface area contributed by atoms with E-state index >= 15 is 0 Å². The molecule has 4 amide bonds. The van der Waals surface area contributed by atoms with Crippen LogP contribution in [-0.2, 0) is 25.5 Å². The molecule has 16 heteroatoms. The molecule has 2 saturated carbocycles. The second kappa shape index (κ2) is 22.5. The summed E-state index contributed by atoms with van der Waals surface area (Å²) < 4.78 is 26.8. The molecule has 8 rings (SSSR count). The number of ether oxygens (including phenoxy) is 2. The van der Waals surface area contributed by atoms with Gasteiger partial charge < -0.3 is 29.5 Å². The standard InChI is InChI=1S/C40H50FN7O7.C6H12.HTe/c1-40(13-4-14-40)55-39(53)42-25-35(49)46-17-11-29(12-18-46)54-28-9-15-45(16-10-28)26-36(50)47-19-21-48(22-20-47)38(52)32-23-27(7-8-33(32)41)24-34-30-5-2-3-6-31(30)37(51)44-43-34;1-2-4-6-5-3-1;/h2-3,5-8,23,28-29H,4,9-22,24-26H2,1H3,(H,42,53)(H,44,51);1-6H2;1H. The van der Waals surface area contributed by atoms with Crippen LogP contribution in [0.25, 0.3) is 10.8 Å². The predicted octanol–water partition coefficient (Wildman–Crippen LogP) is 4.77. The number of carbonyl (C=O) groups is 4. The van der Waals surface area contributed by atoms with E-state index in [2.05, 4.69) is 20.4 Å². The van der Waals surface area contributed by atoms with Crippen molar-refractivity contribution in [1.82, 2.24) is 35.1 Å². The van der Waals surface area contributed by atoms with Crippen LogP contribution in [0.2, 0.25) is 0 Å². The van der Waals surface area contributed by atoms with Crippen LogP contribution >= 0.6 is 0 Å². The fourth-order valence-corrected chi connectivity index (χ4v) is 9.04. The third-order valence-corrected chi connectivity index (χ3v) is 13.0. The summed E-state index contributed by atoms with van der Waals surface area (Å²) >= 11 is 0. The maximum absolute atomic E-state index is 15.0. The maximum atomic E-state index is 15.0. The first kappa shape index (κ1) is 47.4. The van der Waals surface area contributed by atoms with Crippen LogP contribution in [0, 0.1) is 5.82 Å². The van der Waals surface area contributed by atoms with E-state index in [0.29, 0.717) is 74.3 Å². The number of carbonyl (C=O) groups excluding carboxylic acids is 4. The molecule has 14 nitrogen and oxygen atoms in total. The number of alkyl carbamates (subject to hydrolysis) is 1. The molecule has 0 unspecified atom stereocenters. The molecule has 2 N–H and O–H groups in total. The van der Waals surface area contributed by atoms with Crippen molar-refractivity contribution in [1.29, 1.82) is 0 Å². The van der Waals surface area contributed by atoms with Crippen molar-refractivity contribution >= 4 is 58.3 Å². The average molecular weight is 973 g/mol. The number of H-pyrrole nitrogens is 1. The van der Waals surface area contributed by atoms with Gasteiger partial charge in [0.2, 0.25) is 11.8 Å². The molecule has 1 aromatic heterocycles. The van der Waals surface area contributed by atoms with Gasteiger partial charge in [0.25, 0.3) is 11.5 Å². The van der Waals surface area contributed by atoms with Crippen LogP contribution in [0.15, 0.2) is 47.3 Å². The summed E-state index contributed by atoms with van der Waals surface area (Å²) in [6.07, 6.45) is 14.8. The SMILES string of the molecule is C1CCCCC1.CC1(OC(=O)NCC(=O)N2CCC(OC3CCN(CC(=O)N4CCN(C(=O)c5cc(Cc6n[nH]c(=O)c7ccccc67)ccc5F)CC4)CC3)CC2)CCC1.[TeH]. The van der Waals surface area contributed by atoms with E-state index in [0.717, 1.165) is 58.0 Å². The Morgan fingerprint density at radius 1 is 0.774 bits per heavy atom. The monoisotopic (exact) mass is 974 g/mol. The normalized spacial score (nSPS) is 19.7. The van der Waals surface area contributed by atoms with E-state index in [1.54, 1.807) is 39.0 Å². The quantitative estimate of drug-likeness (QED) is 0.274. The number of rotatable bonds is 10. The van der Waals surface area contributed by atoms with Gasteiger partial charge in [0.1, 0.15) is 18.0 Å². The first-order valence-electron chi connectivity index (χ1n) is 22.5. The van der Waals surface area contributed by atoms with E-state index in [-0.39, 0.29) is 65.4 Å². The molecule has 3 aromatic rings. The molecule has 0 atom stereocenters. The van der Waals surface area contributed by atoms with Crippen molar-refractivity contribution in [3.63, 3.8) is 0 Å². The molecule has 0 bridgehead atoms. The van der Waals surface area contributed by atoms with E-state index in [1.165, 1.54) is 44.6 Å². The zero-order valence-electron chi connectivity index (χ0n) is 36.1. The number of fused-ring (bicyclic) bond motifs is 1. The molecule has 2 aliphatic carbocycles. The Labute approximate surface area is 380 Å². The number of hydrogen-bond donors (Lipinski definition) is 2. The van der Waals surface area contributed by atoms with Gasteiger partial charge in [-0.05, 0) is 75.6 Å². The second-order valence-electron chi connectivity index (χ2n) is 17.6. The molecular weight excluding hydrogens is 909 g/mol. The molecule has 62 heavy (non-hydrogen) atoms. The molecule has 337 valence electrons. The fraction of sp³-hybridized carbons (Fsp3) is 0.609. The van der Waals surface area contributed by atoms with Crippen molar-refractivity contribution in [3.05, 3.63) is 75.5 Å². The first-order valence-corrected chi connectivity index (χ1v) is 22.5. The fourth-order valence-electron chi connectivity index (χ4n) is 9.04. The van der Waals surface area contributed by atoms with E-state index in [4.69, 9.17) is 9.47 Å². The summed E-state index contributed by atoms with van der Waals surface area (Å²) in [7, 11) is 0. The van der Waals surface area contributed by atoms with Gasteiger partial charge in [-0.1, -0.05) is 62.8 Å². The van der Waals surface area contributed by atoms with Crippen molar-refractivity contribution in [2.24, 2.45) is 0 Å². The number of halogens is 1. The molecule has 4 heterocycles. The van der Waals surface area contributed by atoms with Crippen LogP contribution in [0.5, 0.6) is 0 Å². The van der Waals surface area contributed by atoms with Gasteiger partial charge >= 0.3 is 29.8 Å². The van der Waals surface area contributed by atoms with Gasteiger partial charge in [-0.25, -0.2) is 14.3 Å². The first-order chi connectivity index (χ1) is 29.5. The number of piperidine rings is 2. The van der Waals surface area contributed by atoms with Crippen LogP contribution in [0.1, 0.15) is 112 Å². The molecule has 3 saturated heterocycles. The van der Waals surface area contributed by atoms with E-state index < -0.39 is 23.4 Å². The number of hydrogen-bond acceptors (Lipinski definition) is 9. The number of nitrogens with zero attached hydrogens (tertiary/aromatic N) is 5. The van der Waals surface area contributed by atoms with Crippen molar-refractivity contribution in [2.75, 3.05) is 65.4 Å². The van der Waals surface area contributed by atoms with Crippen LogP contribution in [0.3, 0.4) is 0 Å². The van der Waals surface area contributed by atoms with Crippen LogP contribution < -0.4 is 10.9 Å². The van der Waals surface area contributed by atoms with Gasteiger partial charge in [0.05, 0.1) is 35.4 Å². The van der Waals surface area contributed by atoms with Gasteiger partial charge in [-0.3, -0.25) is 24.1 Å². The summed E-state index contributed by atoms with van der Waals surface area (Å²) in [6.45, 7) is 6.16. The number of piperazine rings is 1. The van der Waals surface area contributed by atoms with E-state index in [1.807, 2.05) is 19.1 Å². The molecule has 5 aliphatic rings. The van der Waals surface area contributed by atoms with Crippen molar-refractivity contribution < 1.29 is 33.0 Å². The Hall–Kier alpha value is -4.10. The molecule has 2 aromatic carbocycles. The van der Waals surface area contributed by atoms with Crippen molar-refractivity contribution in [3.8, 4) is 0 Å². The summed E-state index contributed by atoms with van der Waals surface area (Å²) in [5.74, 6) is -1.14. The number of benzene rings is 2. The zero-order chi connectivity index (χ0) is 42.8. The predicted molar refractivity (Wildman–Crippen MR) is 236 cm³/mol. The minimum absolute atomic E-state index is 0. The Balaban J connectivity index is 0.000000844. The summed E-state index contributed by atoms with van der Waals surface area (Å²) in [5.41, 5.74) is 0.599. The summed E-state index contributed by atoms with van der Waals surface area (Å²) in [4.78, 5) is 70.9. The zero-order valence-corrected chi connectivity index (χ0v) is 38.6. The molecule has 5 fully saturated rings. The van der Waals surface area contributed by atoms with Gasteiger partial charge in [0, 0.05) is 64.2 Å². The second-order valence-corrected chi connectivity index (χ2v) is 17.6. The Kier molecular flexibility index (Phi) is 17.2. The average Bonchev–Trinajstić information content (AvgIpc) is 3.28. The third-order valence-electron chi connectivity index (χ3n) is 13.0. The number of amides is 4. The number of nitrogens with one attached hydrogen (secondary N) is 2. The summed E-state index contributed by atoms with van der Waals surface area (Å²) in [6, 6.07) is 11.6. The molecular formula is C46H63FN7O7Te. The van der Waals surface area contributed by atoms with Gasteiger partial charge in [-0.2, -0.15) is 5.10 Å². The number of aromatic nitrogens is 2. The molecule has 1 radical (unpaired) electrons. The number of aromatic amines is 1. The van der Waals surface area contributed by atoms with Gasteiger partial charge in [-0.15, -0.1) is 0 Å². The molecule has 3 aliphatic heterocycles.